The first-order valence-electron chi connectivity index (χ1n) is 4.91. The van der Waals surface area contributed by atoms with E-state index < -0.39 is 0 Å². The van der Waals surface area contributed by atoms with Crippen LogP contribution in [0.1, 0.15) is 0 Å². The summed E-state index contributed by atoms with van der Waals surface area (Å²) < 4.78 is 0. The lowest BCUT2D eigenvalue weighted by Crippen LogP contribution is -1.89. The van der Waals surface area contributed by atoms with Crippen molar-refractivity contribution in [3.05, 3.63) is 45.9 Å². The number of benzene rings is 1. The smallest absolute Gasteiger partial charge is 0.162 e. The predicted octanol–water partition coefficient (Wildman–Crippen LogP) is 4.67. The van der Waals surface area contributed by atoms with E-state index in [0.717, 1.165) is 15.8 Å². The van der Waals surface area contributed by atoms with Crippen LogP contribution in [0.25, 0.3) is 21.6 Å². The van der Waals surface area contributed by atoms with Gasteiger partial charge < -0.3 is 0 Å². The summed E-state index contributed by atoms with van der Waals surface area (Å²) in [5, 5.41) is 4.03. The first-order chi connectivity index (χ1) is 8.24. The summed E-state index contributed by atoms with van der Waals surface area (Å²) in [6.45, 7) is 0. The first-order valence-corrected chi connectivity index (χ1v) is 6.54. The summed E-state index contributed by atoms with van der Waals surface area (Å²) in [6, 6.07) is 9.31. The van der Waals surface area contributed by atoms with Gasteiger partial charge in [0.15, 0.2) is 5.82 Å². The van der Waals surface area contributed by atoms with Crippen LogP contribution in [0, 0.1) is 0 Å². The molecule has 0 fully saturated rings. The summed E-state index contributed by atoms with van der Waals surface area (Å²) in [5.74, 6) is 0.626. The molecule has 0 N–H and O–H groups in total. The molecule has 0 bridgehead atoms. The van der Waals surface area contributed by atoms with Crippen LogP contribution >= 0.6 is 34.5 Å². The maximum atomic E-state index is 6.11. The predicted molar refractivity (Wildman–Crippen MR) is 72.9 cm³/mol. The lowest BCUT2D eigenvalue weighted by molar-refractivity contribution is 1.24. The maximum absolute atomic E-state index is 6.11. The molecule has 2 aromatic heterocycles. The molecule has 0 saturated carbocycles. The average molecular weight is 281 g/mol. The zero-order chi connectivity index (χ0) is 11.8. The summed E-state index contributed by atoms with van der Waals surface area (Å²) in [4.78, 5) is 9.67. The van der Waals surface area contributed by atoms with Gasteiger partial charge in [-0.15, -0.1) is 11.3 Å². The number of hydrogen-bond donors (Lipinski definition) is 0. The number of thiophene rings is 1. The molecule has 0 aliphatic heterocycles. The van der Waals surface area contributed by atoms with Crippen LogP contribution in [0.15, 0.2) is 35.7 Å². The molecule has 3 aromatic rings. The summed E-state index contributed by atoms with van der Waals surface area (Å²) in [6.07, 6.45) is 0. The number of hydrogen-bond acceptors (Lipinski definition) is 3. The van der Waals surface area contributed by atoms with E-state index in [1.165, 1.54) is 0 Å². The molecule has 2 nitrogen and oxygen atoms in total. The fraction of sp³-hybridized carbons (Fsp3) is 0. The highest BCUT2D eigenvalue weighted by Crippen LogP contribution is 2.28. The first kappa shape index (κ1) is 11.0. The number of nitrogens with zero attached hydrogens (tertiary/aromatic N) is 2. The third kappa shape index (κ3) is 2.02. The lowest BCUT2D eigenvalue weighted by atomic mass is 10.2. The Kier molecular flexibility index (Phi) is 2.74. The van der Waals surface area contributed by atoms with E-state index >= 15 is 0 Å². The third-order valence-electron chi connectivity index (χ3n) is 2.38. The second kappa shape index (κ2) is 4.26. The van der Waals surface area contributed by atoms with E-state index in [2.05, 4.69) is 9.97 Å². The number of halogens is 2. The largest absolute Gasteiger partial charge is 0.217 e. The molecule has 0 saturated heterocycles. The highest BCUT2D eigenvalue weighted by Gasteiger charge is 2.08. The van der Waals surface area contributed by atoms with Crippen molar-refractivity contribution >= 4 is 44.8 Å². The van der Waals surface area contributed by atoms with Gasteiger partial charge in [-0.1, -0.05) is 23.2 Å². The maximum Gasteiger partial charge on any atom is 0.162 e. The van der Waals surface area contributed by atoms with E-state index in [4.69, 9.17) is 23.2 Å². The molecular formula is C12H6Cl2N2S. The Morgan fingerprint density at radius 3 is 2.47 bits per heavy atom. The number of aromatic nitrogens is 2. The van der Waals surface area contributed by atoms with Gasteiger partial charge in [0.05, 0.1) is 0 Å². The minimum Gasteiger partial charge on any atom is -0.217 e. The molecular weight excluding hydrogens is 275 g/mol. The van der Waals surface area contributed by atoms with Gasteiger partial charge in [0.2, 0.25) is 0 Å². The van der Waals surface area contributed by atoms with Gasteiger partial charge in [0.1, 0.15) is 9.98 Å². The Morgan fingerprint density at radius 2 is 1.71 bits per heavy atom. The van der Waals surface area contributed by atoms with Crippen molar-refractivity contribution in [3.63, 3.8) is 0 Å². The molecule has 0 atom stereocenters. The van der Waals surface area contributed by atoms with Crippen molar-refractivity contribution < 1.29 is 0 Å². The molecule has 17 heavy (non-hydrogen) atoms. The molecule has 0 spiro atoms. The molecule has 2 heterocycles. The highest BCUT2D eigenvalue weighted by molar-refractivity contribution is 7.16. The Morgan fingerprint density at radius 1 is 0.941 bits per heavy atom. The van der Waals surface area contributed by atoms with Crippen molar-refractivity contribution in [1.82, 2.24) is 9.97 Å². The van der Waals surface area contributed by atoms with Gasteiger partial charge in [0.25, 0.3) is 0 Å². The SMILES string of the molecule is Clc1ccc(-c2nc(Cl)c3ccsc3n2)cc1. The summed E-state index contributed by atoms with van der Waals surface area (Å²) in [5.41, 5.74) is 0.909. The molecule has 0 unspecified atom stereocenters. The molecule has 0 aliphatic carbocycles. The van der Waals surface area contributed by atoms with Gasteiger partial charge in [-0.2, -0.15) is 0 Å². The molecule has 84 valence electrons. The van der Waals surface area contributed by atoms with E-state index in [1.54, 1.807) is 11.3 Å². The highest BCUT2D eigenvalue weighted by atomic mass is 35.5. The van der Waals surface area contributed by atoms with Crippen molar-refractivity contribution in [1.29, 1.82) is 0 Å². The van der Waals surface area contributed by atoms with Crippen LogP contribution in [0.2, 0.25) is 10.2 Å². The normalized spacial score (nSPS) is 10.9. The monoisotopic (exact) mass is 280 g/mol. The van der Waals surface area contributed by atoms with Crippen LogP contribution < -0.4 is 0 Å². The van der Waals surface area contributed by atoms with Crippen LogP contribution in [0.3, 0.4) is 0 Å². The van der Waals surface area contributed by atoms with Gasteiger partial charge >= 0.3 is 0 Å². The molecule has 0 amide bonds. The Hall–Kier alpha value is -1.16. The quantitative estimate of drug-likeness (QED) is 0.606. The van der Waals surface area contributed by atoms with Crippen LogP contribution in [0.5, 0.6) is 0 Å². The van der Waals surface area contributed by atoms with E-state index in [-0.39, 0.29) is 0 Å². The van der Waals surface area contributed by atoms with E-state index in [0.29, 0.717) is 16.0 Å². The number of fused-ring (bicyclic) bond motifs is 1. The molecule has 1 aromatic carbocycles. The van der Waals surface area contributed by atoms with Crippen LogP contribution in [0.4, 0.5) is 0 Å². The zero-order valence-electron chi connectivity index (χ0n) is 8.52. The standard InChI is InChI=1S/C12H6Cl2N2S/c13-8-3-1-7(2-4-8)11-15-10(14)9-5-6-17-12(9)16-11/h1-6H. The van der Waals surface area contributed by atoms with Gasteiger partial charge in [-0.3, -0.25) is 0 Å². The van der Waals surface area contributed by atoms with Gasteiger partial charge in [-0.25, -0.2) is 9.97 Å². The Labute approximate surface area is 112 Å². The Balaban J connectivity index is 2.20. The Bertz CT molecular complexity index is 677. The fourth-order valence-electron chi connectivity index (χ4n) is 1.55. The fourth-order valence-corrected chi connectivity index (χ4v) is 2.73. The van der Waals surface area contributed by atoms with Crippen LogP contribution in [-0.4, -0.2) is 9.97 Å². The van der Waals surface area contributed by atoms with Crippen molar-refractivity contribution in [2.45, 2.75) is 0 Å². The minimum absolute atomic E-state index is 0.487. The van der Waals surface area contributed by atoms with Crippen molar-refractivity contribution in [2.75, 3.05) is 0 Å². The zero-order valence-corrected chi connectivity index (χ0v) is 10.9. The van der Waals surface area contributed by atoms with E-state index in [1.807, 2.05) is 35.7 Å². The molecule has 0 aliphatic rings. The molecule has 5 heteroatoms. The van der Waals surface area contributed by atoms with Crippen LogP contribution in [-0.2, 0) is 0 Å². The molecule has 3 rings (SSSR count). The lowest BCUT2D eigenvalue weighted by Gasteiger charge is -2.01. The number of rotatable bonds is 1. The summed E-state index contributed by atoms with van der Waals surface area (Å²) in [7, 11) is 0. The van der Waals surface area contributed by atoms with Crippen molar-refractivity contribution in [3.8, 4) is 11.4 Å². The minimum atomic E-state index is 0.487. The second-order valence-corrected chi connectivity index (χ2v) is 5.17. The second-order valence-electron chi connectivity index (χ2n) is 3.48. The summed E-state index contributed by atoms with van der Waals surface area (Å²) >= 11 is 13.5. The average Bonchev–Trinajstić information content (AvgIpc) is 2.78. The van der Waals surface area contributed by atoms with Crippen molar-refractivity contribution in [2.24, 2.45) is 0 Å². The van der Waals surface area contributed by atoms with E-state index in [9.17, 15) is 0 Å². The molecule has 0 radical (unpaired) electrons. The third-order valence-corrected chi connectivity index (χ3v) is 3.73. The van der Waals surface area contributed by atoms with Gasteiger partial charge in [0, 0.05) is 16.0 Å². The van der Waals surface area contributed by atoms with Gasteiger partial charge in [-0.05, 0) is 35.7 Å². The topological polar surface area (TPSA) is 25.8 Å².